The highest BCUT2D eigenvalue weighted by Crippen LogP contribution is 2.11. The lowest BCUT2D eigenvalue weighted by Gasteiger charge is -2.08. The second-order valence-electron chi connectivity index (χ2n) is 4.59. The van der Waals surface area contributed by atoms with E-state index in [0.717, 1.165) is 12.8 Å². The number of aromatic nitrogens is 1. The number of nitrogen functional groups attached to an aromatic ring is 1. The van der Waals surface area contributed by atoms with E-state index in [1.54, 1.807) is 12.3 Å². The monoisotopic (exact) mass is 264 g/mol. The van der Waals surface area contributed by atoms with Crippen LogP contribution < -0.4 is 16.6 Å². The number of rotatable bonds is 9. The number of carbonyl (C=O) groups is 1. The first-order valence-corrected chi connectivity index (χ1v) is 6.98. The second kappa shape index (κ2) is 9.33. The number of unbranched alkanes of at least 4 members (excludes halogenated alkanes) is 5. The third-order valence-corrected chi connectivity index (χ3v) is 3.04. The van der Waals surface area contributed by atoms with Crippen molar-refractivity contribution < 1.29 is 4.79 Å². The lowest BCUT2D eigenvalue weighted by atomic mass is 10.1. The molecule has 0 saturated carbocycles. The molecule has 0 aliphatic carbocycles. The minimum absolute atomic E-state index is 0.130. The number of hydrazine groups is 1. The number of anilines is 1. The Bertz CT molecular complexity index is 381. The number of hydrogen-bond acceptors (Lipinski definition) is 4. The fourth-order valence-electron chi connectivity index (χ4n) is 1.90. The van der Waals surface area contributed by atoms with Crippen LogP contribution in [0, 0.1) is 0 Å². The van der Waals surface area contributed by atoms with Gasteiger partial charge in [0.2, 0.25) is 0 Å². The Balaban J connectivity index is 2.24. The maximum Gasteiger partial charge on any atom is 0.255 e. The molecule has 0 unspecified atom stereocenters. The maximum atomic E-state index is 11.9. The Morgan fingerprint density at radius 1 is 1.26 bits per heavy atom. The van der Waals surface area contributed by atoms with Crippen LogP contribution in [0.4, 0.5) is 5.69 Å². The molecule has 0 fully saturated rings. The fraction of sp³-hybridized carbons (Fsp3) is 0.571. The van der Waals surface area contributed by atoms with Crippen LogP contribution in [0.2, 0.25) is 0 Å². The normalized spacial score (nSPS) is 10.2. The molecule has 0 aliphatic heterocycles. The summed E-state index contributed by atoms with van der Waals surface area (Å²) in [7, 11) is 0. The van der Waals surface area contributed by atoms with Crippen LogP contribution in [-0.2, 0) is 0 Å². The summed E-state index contributed by atoms with van der Waals surface area (Å²) in [6.45, 7) is 2.90. The highest BCUT2D eigenvalue weighted by Gasteiger charge is 2.09. The van der Waals surface area contributed by atoms with Crippen molar-refractivity contribution in [3.8, 4) is 0 Å². The maximum absolute atomic E-state index is 11.9. The summed E-state index contributed by atoms with van der Waals surface area (Å²) in [5.74, 6) is 5.22. The molecule has 0 atom stereocenters. The van der Waals surface area contributed by atoms with Crippen molar-refractivity contribution in [2.45, 2.75) is 45.4 Å². The zero-order valence-corrected chi connectivity index (χ0v) is 11.6. The molecule has 0 aliphatic rings. The van der Waals surface area contributed by atoms with E-state index in [9.17, 15) is 4.79 Å². The largest absolute Gasteiger partial charge is 0.352 e. The lowest BCUT2D eigenvalue weighted by Crippen LogP contribution is -2.26. The van der Waals surface area contributed by atoms with E-state index >= 15 is 0 Å². The average Bonchev–Trinajstić information content (AvgIpc) is 2.46. The Morgan fingerprint density at radius 3 is 2.74 bits per heavy atom. The van der Waals surface area contributed by atoms with Crippen LogP contribution in [0.3, 0.4) is 0 Å². The Kier molecular flexibility index (Phi) is 7.58. The van der Waals surface area contributed by atoms with Gasteiger partial charge in [0.05, 0.1) is 11.3 Å². The number of pyridine rings is 1. The Hall–Kier alpha value is -1.62. The Morgan fingerprint density at radius 2 is 2.00 bits per heavy atom. The summed E-state index contributed by atoms with van der Waals surface area (Å²) in [5.41, 5.74) is 3.58. The van der Waals surface area contributed by atoms with E-state index in [0.29, 0.717) is 17.8 Å². The molecular formula is C14H24N4O. The third-order valence-electron chi connectivity index (χ3n) is 3.04. The summed E-state index contributed by atoms with van der Waals surface area (Å²) in [6, 6.07) is 1.68. The van der Waals surface area contributed by atoms with E-state index in [2.05, 4.69) is 22.7 Å². The van der Waals surface area contributed by atoms with Crippen LogP contribution in [0.5, 0.6) is 0 Å². The quantitative estimate of drug-likeness (QED) is 0.363. The van der Waals surface area contributed by atoms with Crippen LogP contribution in [0.25, 0.3) is 0 Å². The zero-order chi connectivity index (χ0) is 13.9. The summed E-state index contributed by atoms with van der Waals surface area (Å²) in [5, 5.41) is 2.89. The van der Waals surface area contributed by atoms with Crippen molar-refractivity contribution in [2.24, 2.45) is 5.84 Å². The first-order valence-electron chi connectivity index (χ1n) is 6.98. The molecule has 5 nitrogen and oxygen atoms in total. The lowest BCUT2D eigenvalue weighted by molar-refractivity contribution is 0.0953. The van der Waals surface area contributed by atoms with Crippen LogP contribution in [0.15, 0.2) is 18.5 Å². The van der Waals surface area contributed by atoms with Crippen molar-refractivity contribution in [1.29, 1.82) is 0 Å². The molecule has 4 N–H and O–H groups in total. The molecule has 19 heavy (non-hydrogen) atoms. The number of hydrogen-bond donors (Lipinski definition) is 3. The van der Waals surface area contributed by atoms with Crippen LogP contribution in [-0.4, -0.2) is 17.4 Å². The van der Waals surface area contributed by atoms with Gasteiger partial charge in [-0.3, -0.25) is 15.6 Å². The molecule has 1 aromatic rings. The number of carbonyl (C=O) groups excluding carboxylic acids is 1. The minimum atomic E-state index is -0.130. The topological polar surface area (TPSA) is 80.0 Å². The smallest absolute Gasteiger partial charge is 0.255 e. The minimum Gasteiger partial charge on any atom is -0.352 e. The molecule has 1 rings (SSSR count). The predicted molar refractivity (Wildman–Crippen MR) is 77.8 cm³/mol. The van der Waals surface area contributed by atoms with Gasteiger partial charge in [-0.05, 0) is 12.5 Å². The molecule has 1 aromatic heterocycles. The summed E-state index contributed by atoms with van der Waals surface area (Å²) in [6.07, 6.45) is 10.4. The van der Waals surface area contributed by atoms with Gasteiger partial charge in [0.25, 0.3) is 5.91 Å². The molecule has 0 aromatic carbocycles. The van der Waals surface area contributed by atoms with Gasteiger partial charge < -0.3 is 10.7 Å². The first kappa shape index (κ1) is 15.4. The van der Waals surface area contributed by atoms with Crippen molar-refractivity contribution in [3.63, 3.8) is 0 Å². The van der Waals surface area contributed by atoms with E-state index in [1.165, 1.54) is 31.9 Å². The van der Waals surface area contributed by atoms with Crippen LogP contribution in [0.1, 0.15) is 55.8 Å². The number of nitrogens with zero attached hydrogens (tertiary/aromatic N) is 1. The summed E-state index contributed by atoms with van der Waals surface area (Å²) < 4.78 is 0. The molecule has 106 valence electrons. The van der Waals surface area contributed by atoms with Gasteiger partial charge in [0, 0.05) is 18.9 Å². The molecule has 0 saturated heterocycles. The number of amides is 1. The van der Waals surface area contributed by atoms with Gasteiger partial charge in [-0.15, -0.1) is 0 Å². The van der Waals surface area contributed by atoms with Gasteiger partial charge in [-0.1, -0.05) is 39.0 Å². The second-order valence-corrected chi connectivity index (χ2v) is 4.59. The van der Waals surface area contributed by atoms with Gasteiger partial charge >= 0.3 is 0 Å². The van der Waals surface area contributed by atoms with E-state index in [4.69, 9.17) is 5.84 Å². The van der Waals surface area contributed by atoms with Gasteiger partial charge in [0.15, 0.2) is 0 Å². The highest BCUT2D eigenvalue weighted by atomic mass is 16.1. The van der Waals surface area contributed by atoms with E-state index in [-0.39, 0.29) is 5.91 Å². The molecule has 0 spiro atoms. The standard InChI is InChI=1S/C14H24N4O/c1-2-3-4-5-6-7-9-17-14(19)12-11-16-10-8-13(12)18-15/h8,10-11H,2-7,9,15H2,1H3,(H,16,18)(H,17,19). The number of nitrogens with two attached hydrogens (primary N) is 1. The SMILES string of the molecule is CCCCCCCCNC(=O)c1cnccc1NN. The molecule has 0 bridgehead atoms. The van der Waals surface area contributed by atoms with Crippen molar-refractivity contribution in [1.82, 2.24) is 10.3 Å². The van der Waals surface area contributed by atoms with Crippen LogP contribution >= 0.6 is 0 Å². The zero-order valence-electron chi connectivity index (χ0n) is 11.6. The third kappa shape index (κ3) is 5.70. The highest BCUT2D eigenvalue weighted by molar-refractivity contribution is 5.99. The molecule has 1 amide bonds. The van der Waals surface area contributed by atoms with Crippen molar-refractivity contribution in [2.75, 3.05) is 12.0 Å². The van der Waals surface area contributed by atoms with Gasteiger partial charge in [0.1, 0.15) is 0 Å². The Labute approximate surface area is 115 Å². The van der Waals surface area contributed by atoms with E-state index < -0.39 is 0 Å². The van der Waals surface area contributed by atoms with E-state index in [1.807, 2.05) is 0 Å². The van der Waals surface area contributed by atoms with Gasteiger partial charge in [-0.25, -0.2) is 0 Å². The summed E-state index contributed by atoms with van der Waals surface area (Å²) >= 11 is 0. The van der Waals surface area contributed by atoms with Crippen molar-refractivity contribution >= 4 is 11.6 Å². The molecule has 5 heteroatoms. The first-order chi connectivity index (χ1) is 9.29. The summed E-state index contributed by atoms with van der Waals surface area (Å²) in [4.78, 5) is 15.8. The van der Waals surface area contributed by atoms with Gasteiger partial charge in [-0.2, -0.15) is 0 Å². The average molecular weight is 264 g/mol. The predicted octanol–water partition coefficient (Wildman–Crippen LogP) is 2.46. The molecule has 0 radical (unpaired) electrons. The van der Waals surface area contributed by atoms with Crippen molar-refractivity contribution in [3.05, 3.63) is 24.0 Å². The fourth-order valence-corrected chi connectivity index (χ4v) is 1.90. The molecule has 1 heterocycles. The number of nitrogens with one attached hydrogen (secondary N) is 2. The molecular weight excluding hydrogens is 240 g/mol.